The lowest BCUT2D eigenvalue weighted by molar-refractivity contribution is -0.119. The smallest absolute Gasteiger partial charge is 0.356 e. The van der Waals surface area contributed by atoms with Crippen molar-refractivity contribution in [3.05, 3.63) is 18.0 Å². The number of rotatable bonds is 6. The lowest BCUT2D eigenvalue weighted by atomic mass is 9.97. The van der Waals surface area contributed by atoms with E-state index in [1.165, 1.54) is 7.11 Å². The molecule has 3 rings (SSSR count). The quantitative estimate of drug-likeness (QED) is 0.720. The molecule has 29 heavy (non-hydrogen) atoms. The summed E-state index contributed by atoms with van der Waals surface area (Å²) in [5.41, 5.74) is 2.31. The Bertz CT molecular complexity index is 908. The first-order valence-electron chi connectivity index (χ1n) is 9.98. The first-order chi connectivity index (χ1) is 13.7. The zero-order valence-electron chi connectivity index (χ0n) is 17.8. The van der Waals surface area contributed by atoms with Crippen molar-refractivity contribution < 1.29 is 19.1 Å². The first kappa shape index (κ1) is 21.1. The predicted molar refractivity (Wildman–Crippen MR) is 112 cm³/mol. The van der Waals surface area contributed by atoms with E-state index in [-0.39, 0.29) is 17.2 Å². The molecule has 8 heteroatoms. The molecule has 2 aromatic rings. The number of nitrogens with one attached hydrogen (secondary N) is 2. The molecular formula is C21H30N4O4. The van der Waals surface area contributed by atoms with Gasteiger partial charge in [0.2, 0.25) is 5.91 Å². The van der Waals surface area contributed by atoms with E-state index >= 15 is 0 Å². The second-order valence-electron chi connectivity index (χ2n) is 8.52. The minimum atomic E-state index is -0.507. The number of aromatic nitrogens is 2. The molecule has 0 aliphatic carbocycles. The van der Waals surface area contributed by atoms with E-state index in [1.54, 1.807) is 10.8 Å². The van der Waals surface area contributed by atoms with Gasteiger partial charge in [0.25, 0.3) is 0 Å². The van der Waals surface area contributed by atoms with Crippen LogP contribution >= 0.6 is 0 Å². The average molecular weight is 402 g/mol. The molecule has 1 aliphatic heterocycles. The molecule has 0 spiro atoms. The third-order valence-electron chi connectivity index (χ3n) is 4.96. The zero-order chi connectivity index (χ0) is 21.2. The van der Waals surface area contributed by atoms with E-state index in [1.807, 2.05) is 13.0 Å². The Morgan fingerprint density at radius 1 is 1.38 bits per heavy atom. The van der Waals surface area contributed by atoms with Gasteiger partial charge in [-0.15, -0.1) is 0 Å². The van der Waals surface area contributed by atoms with Gasteiger partial charge in [-0.05, 0) is 24.8 Å². The minimum absolute atomic E-state index is 0.0982. The number of amides is 1. The standard InChI is InChI=1S/C21H30N4O4/c1-6-25-17(20(27)28-5)16(24-19(26)13-7-8-29-11-13)15-9-14(10-22-18(15)25)23-12-21(2,3)4/h9-10,13,23H,6-8,11-12H2,1-5H3,(H,24,26)/t13-/m0/s1. The van der Waals surface area contributed by atoms with Crippen LogP contribution in [-0.4, -0.2) is 48.3 Å². The fourth-order valence-electron chi connectivity index (χ4n) is 3.40. The maximum absolute atomic E-state index is 12.8. The van der Waals surface area contributed by atoms with E-state index in [0.29, 0.717) is 48.6 Å². The predicted octanol–water partition coefficient (Wildman–Crippen LogP) is 3.28. The molecule has 2 aromatic heterocycles. The summed E-state index contributed by atoms with van der Waals surface area (Å²) in [5, 5.41) is 7.05. The average Bonchev–Trinajstić information content (AvgIpc) is 3.31. The molecule has 2 N–H and O–H groups in total. The molecule has 1 saturated heterocycles. The molecule has 158 valence electrons. The molecule has 1 aliphatic rings. The van der Waals surface area contributed by atoms with E-state index in [9.17, 15) is 9.59 Å². The van der Waals surface area contributed by atoms with Crippen molar-refractivity contribution in [2.45, 2.75) is 40.7 Å². The third-order valence-corrected chi connectivity index (χ3v) is 4.96. The Morgan fingerprint density at radius 2 is 2.14 bits per heavy atom. The van der Waals surface area contributed by atoms with Gasteiger partial charge in [-0.2, -0.15) is 0 Å². The van der Waals surface area contributed by atoms with E-state index in [4.69, 9.17) is 9.47 Å². The molecule has 0 unspecified atom stereocenters. The van der Waals surface area contributed by atoms with Gasteiger partial charge in [-0.1, -0.05) is 20.8 Å². The van der Waals surface area contributed by atoms with Crippen molar-refractivity contribution in [2.75, 3.05) is 37.5 Å². The van der Waals surface area contributed by atoms with Gasteiger partial charge in [0, 0.05) is 25.1 Å². The first-order valence-corrected chi connectivity index (χ1v) is 9.98. The Labute approximate surface area is 171 Å². The molecule has 1 amide bonds. The van der Waals surface area contributed by atoms with Crippen molar-refractivity contribution >= 4 is 34.3 Å². The number of ether oxygens (including phenoxy) is 2. The van der Waals surface area contributed by atoms with Crippen LogP contribution in [-0.2, 0) is 20.8 Å². The Kier molecular flexibility index (Phi) is 6.12. The van der Waals surface area contributed by atoms with Crippen LogP contribution in [0.1, 0.15) is 44.6 Å². The van der Waals surface area contributed by atoms with Crippen molar-refractivity contribution in [2.24, 2.45) is 11.3 Å². The van der Waals surface area contributed by atoms with Gasteiger partial charge < -0.3 is 24.7 Å². The summed E-state index contributed by atoms with van der Waals surface area (Å²) in [6.45, 7) is 10.6. The summed E-state index contributed by atoms with van der Waals surface area (Å²) in [4.78, 5) is 29.9. The van der Waals surface area contributed by atoms with Crippen LogP contribution in [0.4, 0.5) is 11.4 Å². The third kappa shape index (κ3) is 4.53. The molecule has 3 heterocycles. The van der Waals surface area contributed by atoms with Gasteiger partial charge in [0.1, 0.15) is 5.65 Å². The highest BCUT2D eigenvalue weighted by Crippen LogP contribution is 2.33. The monoisotopic (exact) mass is 402 g/mol. The molecule has 0 aromatic carbocycles. The topological polar surface area (TPSA) is 94.5 Å². The Balaban J connectivity index is 2.07. The molecule has 1 atom stereocenters. The van der Waals surface area contributed by atoms with Gasteiger partial charge in [0.05, 0.1) is 37.2 Å². The van der Waals surface area contributed by atoms with Gasteiger partial charge >= 0.3 is 5.97 Å². The van der Waals surface area contributed by atoms with Gasteiger partial charge in [-0.25, -0.2) is 9.78 Å². The van der Waals surface area contributed by atoms with E-state index < -0.39 is 5.97 Å². The largest absolute Gasteiger partial charge is 0.464 e. The lowest BCUT2D eigenvalue weighted by Crippen LogP contribution is -2.24. The normalized spacial score (nSPS) is 16.8. The van der Waals surface area contributed by atoms with E-state index in [2.05, 4.69) is 36.4 Å². The number of hydrogen-bond acceptors (Lipinski definition) is 6. The second kappa shape index (κ2) is 8.41. The summed E-state index contributed by atoms with van der Waals surface area (Å²) in [5.74, 6) is -0.890. The highest BCUT2D eigenvalue weighted by atomic mass is 16.5. The summed E-state index contributed by atoms with van der Waals surface area (Å²) >= 11 is 0. The number of methoxy groups -OCH3 is 1. The Morgan fingerprint density at radius 3 is 2.72 bits per heavy atom. The Hall–Kier alpha value is -2.61. The van der Waals surface area contributed by atoms with Crippen LogP contribution in [0.3, 0.4) is 0 Å². The van der Waals surface area contributed by atoms with Crippen LogP contribution in [0.25, 0.3) is 11.0 Å². The van der Waals surface area contributed by atoms with E-state index in [0.717, 1.165) is 12.2 Å². The van der Waals surface area contributed by atoms with Gasteiger partial charge in [-0.3, -0.25) is 4.79 Å². The molecule has 8 nitrogen and oxygen atoms in total. The van der Waals surface area contributed by atoms with Gasteiger partial charge in [0.15, 0.2) is 5.69 Å². The fourth-order valence-corrected chi connectivity index (χ4v) is 3.40. The van der Waals surface area contributed by atoms with Crippen LogP contribution in [0.5, 0.6) is 0 Å². The number of carbonyl (C=O) groups excluding carboxylic acids is 2. The number of pyridine rings is 1. The highest BCUT2D eigenvalue weighted by molar-refractivity contribution is 6.11. The number of nitrogens with zero attached hydrogens (tertiary/aromatic N) is 2. The highest BCUT2D eigenvalue weighted by Gasteiger charge is 2.29. The number of fused-ring (bicyclic) bond motifs is 1. The summed E-state index contributed by atoms with van der Waals surface area (Å²) in [6, 6.07) is 1.92. The molecular weight excluding hydrogens is 372 g/mol. The number of esters is 1. The summed E-state index contributed by atoms with van der Waals surface area (Å²) in [7, 11) is 1.33. The molecule has 0 bridgehead atoms. The van der Waals surface area contributed by atoms with Crippen LogP contribution in [0.15, 0.2) is 12.3 Å². The van der Waals surface area contributed by atoms with Crippen molar-refractivity contribution in [1.82, 2.24) is 9.55 Å². The number of aryl methyl sites for hydroxylation is 1. The molecule has 0 saturated carbocycles. The zero-order valence-corrected chi connectivity index (χ0v) is 17.8. The number of anilines is 2. The molecule has 1 fully saturated rings. The van der Waals surface area contributed by atoms with Crippen molar-refractivity contribution in [1.29, 1.82) is 0 Å². The lowest BCUT2D eigenvalue weighted by Gasteiger charge is -2.19. The maximum atomic E-state index is 12.8. The minimum Gasteiger partial charge on any atom is -0.464 e. The SMILES string of the molecule is CCn1c(C(=O)OC)c(NC(=O)[C@H]2CCOC2)c2cc(NCC(C)(C)C)cnc21. The summed E-state index contributed by atoms with van der Waals surface area (Å²) in [6.07, 6.45) is 2.42. The molecule has 0 radical (unpaired) electrons. The van der Waals surface area contributed by atoms with Crippen molar-refractivity contribution in [3.8, 4) is 0 Å². The van der Waals surface area contributed by atoms with Crippen molar-refractivity contribution in [3.63, 3.8) is 0 Å². The summed E-state index contributed by atoms with van der Waals surface area (Å²) < 4.78 is 12.1. The number of hydrogen-bond donors (Lipinski definition) is 2. The van der Waals surface area contributed by atoms with Crippen LogP contribution < -0.4 is 10.6 Å². The fraction of sp³-hybridized carbons (Fsp3) is 0.571. The second-order valence-corrected chi connectivity index (χ2v) is 8.52. The maximum Gasteiger partial charge on any atom is 0.356 e. The number of carbonyl (C=O) groups is 2. The van der Waals surface area contributed by atoms with Crippen LogP contribution in [0, 0.1) is 11.3 Å². The van der Waals surface area contributed by atoms with Crippen LogP contribution in [0.2, 0.25) is 0 Å².